The first-order valence-corrected chi connectivity index (χ1v) is 7.26. The van der Waals surface area contributed by atoms with Crippen molar-refractivity contribution in [1.82, 2.24) is 9.55 Å². The van der Waals surface area contributed by atoms with Gasteiger partial charge in [-0.1, -0.05) is 30.3 Å². The highest BCUT2D eigenvalue weighted by molar-refractivity contribution is 6.16. The standard InChI is InChI=1S/C17H14ClN3/c1-12-5-2-3-6-14(12)11-21-15-8-4-7-13(10-19)17(15)20-16(21)9-18/h2-8H,9,11H2,1H3. The summed E-state index contributed by atoms with van der Waals surface area (Å²) in [6.45, 7) is 2.80. The number of rotatable bonds is 3. The van der Waals surface area contributed by atoms with E-state index >= 15 is 0 Å². The van der Waals surface area contributed by atoms with Crippen molar-refractivity contribution in [2.24, 2.45) is 0 Å². The van der Waals surface area contributed by atoms with E-state index in [9.17, 15) is 5.26 Å². The van der Waals surface area contributed by atoms with Gasteiger partial charge in [0.25, 0.3) is 0 Å². The number of halogens is 1. The predicted molar refractivity (Wildman–Crippen MR) is 84.3 cm³/mol. The maximum Gasteiger partial charge on any atom is 0.125 e. The molecule has 1 aromatic heterocycles. The second-order valence-electron chi connectivity index (χ2n) is 4.96. The molecule has 0 radical (unpaired) electrons. The molecule has 0 aliphatic heterocycles. The van der Waals surface area contributed by atoms with E-state index in [1.54, 1.807) is 6.07 Å². The van der Waals surface area contributed by atoms with Crippen LogP contribution in [0.25, 0.3) is 11.0 Å². The number of aromatic nitrogens is 2. The van der Waals surface area contributed by atoms with Crippen molar-refractivity contribution in [2.45, 2.75) is 19.3 Å². The first kappa shape index (κ1) is 13.7. The quantitative estimate of drug-likeness (QED) is 0.685. The number of benzene rings is 2. The molecular formula is C17H14ClN3. The summed E-state index contributed by atoms with van der Waals surface area (Å²) in [6, 6.07) is 16.1. The number of alkyl halides is 1. The first-order chi connectivity index (χ1) is 10.2. The van der Waals surface area contributed by atoms with Gasteiger partial charge in [-0.15, -0.1) is 11.6 Å². The SMILES string of the molecule is Cc1ccccc1Cn1c(CCl)nc2c(C#N)cccc21. The summed E-state index contributed by atoms with van der Waals surface area (Å²) in [5.41, 5.74) is 4.72. The molecule has 0 aliphatic rings. The Morgan fingerprint density at radius 2 is 2.00 bits per heavy atom. The summed E-state index contributed by atoms with van der Waals surface area (Å²) in [7, 11) is 0. The van der Waals surface area contributed by atoms with Gasteiger partial charge in [0, 0.05) is 6.54 Å². The molecule has 0 bridgehead atoms. The molecule has 3 aromatic rings. The lowest BCUT2D eigenvalue weighted by Gasteiger charge is -2.10. The van der Waals surface area contributed by atoms with Crippen LogP contribution in [0.15, 0.2) is 42.5 Å². The highest BCUT2D eigenvalue weighted by Gasteiger charge is 2.13. The Balaban J connectivity index is 2.18. The van der Waals surface area contributed by atoms with Crippen LogP contribution in [-0.4, -0.2) is 9.55 Å². The van der Waals surface area contributed by atoms with Crippen molar-refractivity contribution in [3.8, 4) is 6.07 Å². The zero-order chi connectivity index (χ0) is 14.8. The average molecular weight is 296 g/mol. The molecule has 0 spiro atoms. The van der Waals surface area contributed by atoms with Gasteiger partial charge in [-0.05, 0) is 30.2 Å². The number of nitriles is 1. The molecule has 3 nitrogen and oxygen atoms in total. The molecule has 3 rings (SSSR count). The van der Waals surface area contributed by atoms with Crippen LogP contribution >= 0.6 is 11.6 Å². The van der Waals surface area contributed by atoms with Crippen LogP contribution in [0.3, 0.4) is 0 Å². The van der Waals surface area contributed by atoms with Crippen LogP contribution in [0, 0.1) is 18.3 Å². The van der Waals surface area contributed by atoms with E-state index in [1.807, 2.05) is 24.3 Å². The Labute approximate surface area is 128 Å². The van der Waals surface area contributed by atoms with E-state index in [-0.39, 0.29) is 0 Å². The summed E-state index contributed by atoms with van der Waals surface area (Å²) in [4.78, 5) is 4.54. The van der Waals surface area contributed by atoms with Gasteiger partial charge >= 0.3 is 0 Å². The zero-order valence-electron chi connectivity index (χ0n) is 11.7. The number of hydrogen-bond acceptors (Lipinski definition) is 2. The lowest BCUT2D eigenvalue weighted by atomic mass is 10.1. The minimum Gasteiger partial charge on any atom is -0.322 e. The van der Waals surface area contributed by atoms with Gasteiger partial charge in [0.15, 0.2) is 0 Å². The van der Waals surface area contributed by atoms with Crippen molar-refractivity contribution in [3.63, 3.8) is 0 Å². The molecule has 0 atom stereocenters. The monoisotopic (exact) mass is 295 g/mol. The molecule has 0 unspecified atom stereocenters. The lowest BCUT2D eigenvalue weighted by molar-refractivity contribution is 0.774. The van der Waals surface area contributed by atoms with Gasteiger partial charge in [0.2, 0.25) is 0 Å². The van der Waals surface area contributed by atoms with Gasteiger partial charge in [-0.25, -0.2) is 4.98 Å². The highest BCUT2D eigenvalue weighted by atomic mass is 35.5. The molecular weight excluding hydrogens is 282 g/mol. The Morgan fingerprint density at radius 3 is 2.71 bits per heavy atom. The first-order valence-electron chi connectivity index (χ1n) is 6.73. The Kier molecular flexibility index (Phi) is 3.64. The molecule has 1 heterocycles. The van der Waals surface area contributed by atoms with Crippen molar-refractivity contribution in [2.75, 3.05) is 0 Å². The molecule has 0 N–H and O–H groups in total. The number of hydrogen-bond donors (Lipinski definition) is 0. The molecule has 0 fully saturated rings. The second-order valence-corrected chi connectivity index (χ2v) is 5.23. The van der Waals surface area contributed by atoms with E-state index in [4.69, 9.17) is 11.6 Å². The van der Waals surface area contributed by atoms with Crippen molar-refractivity contribution in [1.29, 1.82) is 5.26 Å². The summed E-state index contributed by atoms with van der Waals surface area (Å²) in [5, 5.41) is 9.21. The van der Waals surface area contributed by atoms with Crippen LogP contribution in [0.2, 0.25) is 0 Å². The summed E-state index contributed by atoms with van der Waals surface area (Å²) in [5.74, 6) is 1.11. The van der Waals surface area contributed by atoms with E-state index in [1.165, 1.54) is 11.1 Å². The number of aryl methyl sites for hydroxylation is 1. The summed E-state index contributed by atoms with van der Waals surface area (Å²) in [6.07, 6.45) is 0. The van der Waals surface area contributed by atoms with Gasteiger partial charge in [0.05, 0.1) is 17.0 Å². The maximum atomic E-state index is 9.21. The fourth-order valence-electron chi connectivity index (χ4n) is 2.52. The number of imidazole rings is 1. The number of fused-ring (bicyclic) bond motifs is 1. The van der Waals surface area contributed by atoms with E-state index in [2.05, 4.69) is 34.7 Å². The maximum absolute atomic E-state index is 9.21. The lowest BCUT2D eigenvalue weighted by Crippen LogP contribution is -2.05. The topological polar surface area (TPSA) is 41.6 Å². The molecule has 0 aliphatic carbocycles. The molecule has 21 heavy (non-hydrogen) atoms. The van der Waals surface area contributed by atoms with Crippen LogP contribution < -0.4 is 0 Å². The molecule has 0 amide bonds. The fraction of sp³-hybridized carbons (Fsp3) is 0.176. The largest absolute Gasteiger partial charge is 0.322 e. The second kappa shape index (κ2) is 5.59. The van der Waals surface area contributed by atoms with Crippen molar-refractivity contribution in [3.05, 3.63) is 65.0 Å². The van der Waals surface area contributed by atoms with Crippen LogP contribution in [0.4, 0.5) is 0 Å². The molecule has 4 heteroatoms. The van der Waals surface area contributed by atoms with Crippen LogP contribution in [-0.2, 0) is 12.4 Å². The van der Waals surface area contributed by atoms with Crippen LogP contribution in [0.1, 0.15) is 22.5 Å². The third-order valence-electron chi connectivity index (χ3n) is 3.69. The van der Waals surface area contributed by atoms with Crippen molar-refractivity contribution >= 4 is 22.6 Å². The summed E-state index contributed by atoms with van der Waals surface area (Å²) < 4.78 is 2.09. The zero-order valence-corrected chi connectivity index (χ0v) is 12.4. The molecule has 0 saturated carbocycles. The molecule has 2 aromatic carbocycles. The number of para-hydroxylation sites is 1. The van der Waals surface area contributed by atoms with Gasteiger partial charge in [0.1, 0.15) is 17.4 Å². The van der Waals surface area contributed by atoms with Gasteiger partial charge in [-0.2, -0.15) is 5.26 Å². The number of nitrogens with zero attached hydrogens (tertiary/aromatic N) is 3. The van der Waals surface area contributed by atoms with E-state index in [0.717, 1.165) is 16.9 Å². The van der Waals surface area contributed by atoms with E-state index < -0.39 is 0 Å². The molecule has 104 valence electrons. The van der Waals surface area contributed by atoms with Gasteiger partial charge in [-0.3, -0.25) is 0 Å². The highest BCUT2D eigenvalue weighted by Crippen LogP contribution is 2.23. The minimum absolute atomic E-state index is 0.325. The van der Waals surface area contributed by atoms with Crippen molar-refractivity contribution < 1.29 is 0 Å². The predicted octanol–water partition coefficient (Wildman–Crippen LogP) is 4.00. The van der Waals surface area contributed by atoms with Gasteiger partial charge < -0.3 is 4.57 Å². The smallest absolute Gasteiger partial charge is 0.125 e. The summed E-state index contributed by atoms with van der Waals surface area (Å²) >= 11 is 6.04. The Bertz CT molecular complexity index is 843. The normalized spacial score (nSPS) is 10.7. The van der Waals surface area contributed by atoms with Crippen LogP contribution in [0.5, 0.6) is 0 Å². The fourth-order valence-corrected chi connectivity index (χ4v) is 2.73. The Morgan fingerprint density at radius 1 is 1.19 bits per heavy atom. The Hall–Kier alpha value is -2.31. The third-order valence-corrected chi connectivity index (χ3v) is 3.93. The molecule has 0 saturated heterocycles. The third kappa shape index (κ3) is 2.39. The average Bonchev–Trinajstić information content (AvgIpc) is 2.87. The van der Waals surface area contributed by atoms with E-state index in [0.29, 0.717) is 18.0 Å². The minimum atomic E-state index is 0.325.